The number of ether oxygens (including phenoxy) is 1. The van der Waals surface area contributed by atoms with Crippen molar-refractivity contribution in [3.05, 3.63) is 102 Å². The molecular weight excluding hydrogens is 444 g/mol. The number of nitrogens with zero attached hydrogens (tertiary/aromatic N) is 3. The standard InChI is InChI=1S/C27H26N4O4/c1-34-23-12-7-10-21(16-23)25-17-24(30-35-25)27(33)31(18-20-8-3-2-4-9-20)19-26(32)29-15-13-22-11-5-6-14-28-22/h2-12,14,16-17H,13,15,18-19H2,1H3,(H,29,32). The molecule has 35 heavy (non-hydrogen) atoms. The largest absolute Gasteiger partial charge is 0.497 e. The minimum absolute atomic E-state index is 0.114. The summed E-state index contributed by atoms with van der Waals surface area (Å²) in [4.78, 5) is 31.7. The van der Waals surface area contributed by atoms with Gasteiger partial charge in [-0.3, -0.25) is 14.6 Å². The summed E-state index contributed by atoms with van der Waals surface area (Å²) in [5.41, 5.74) is 2.65. The van der Waals surface area contributed by atoms with E-state index in [9.17, 15) is 9.59 Å². The Bertz CT molecular complexity index is 1260. The number of methoxy groups -OCH3 is 1. The summed E-state index contributed by atoms with van der Waals surface area (Å²) in [5, 5.41) is 6.84. The number of pyridine rings is 1. The second-order valence-electron chi connectivity index (χ2n) is 7.88. The number of benzene rings is 2. The van der Waals surface area contributed by atoms with E-state index < -0.39 is 5.91 Å². The highest BCUT2D eigenvalue weighted by atomic mass is 16.5. The van der Waals surface area contributed by atoms with Crippen molar-refractivity contribution < 1.29 is 18.8 Å². The molecule has 0 bridgehead atoms. The summed E-state index contributed by atoms with van der Waals surface area (Å²) >= 11 is 0. The Hall–Kier alpha value is -4.46. The van der Waals surface area contributed by atoms with Crippen LogP contribution in [0.15, 0.2) is 89.6 Å². The lowest BCUT2D eigenvalue weighted by Crippen LogP contribution is -2.41. The van der Waals surface area contributed by atoms with Crippen LogP contribution in [0, 0.1) is 0 Å². The Kier molecular flexibility index (Phi) is 7.85. The van der Waals surface area contributed by atoms with Crippen LogP contribution >= 0.6 is 0 Å². The summed E-state index contributed by atoms with van der Waals surface area (Å²) < 4.78 is 10.7. The van der Waals surface area contributed by atoms with Gasteiger partial charge in [0.2, 0.25) is 5.91 Å². The highest BCUT2D eigenvalue weighted by Gasteiger charge is 2.23. The van der Waals surface area contributed by atoms with Gasteiger partial charge < -0.3 is 19.5 Å². The molecule has 0 aliphatic heterocycles. The Morgan fingerprint density at radius 3 is 2.60 bits per heavy atom. The first kappa shape index (κ1) is 23.7. The van der Waals surface area contributed by atoms with E-state index in [1.807, 2.05) is 66.7 Å². The van der Waals surface area contributed by atoms with Gasteiger partial charge in [-0.25, -0.2) is 0 Å². The number of rotatable bonds is 10. The molecule has 2 aromatic carbocycles. The van der Waals surface area contributed by atoms with Crippen LogP contribution in [0.1, 0.15) is 21.7 Å². The predicted molar refractivity (Wildman–Crippen MR) is 131 cm³/mol. The Balaban J connectivity index is 1.46. The smallest absolute Gasteiger partial charge is 0.276 e. The van der Waals surface area contributed by atoms with Crippen LogP contribution in [0.25, 0.3) is 11.3 Å². The van der Waals surface area contributed by atoms with E-state index >= 15 is 0 Å². The summed E-state index contributed by atoms with van der Waals surface area (Å²) in [6.07, 6.45) is 2.32. The topological polar surface area (TPSA) is 97.6 Å². The molecule has 0 aliphatic carbocycles. The van der Waals surface area contributed by atoms with Crippen LogP contribution in [0.3, 0.4) is 0 Å². The van der Waals surface area contributed by atoms with Crippen molar-refractivity contribution in [2.24, 2.45) is 0 Å². The third-order valence-electron chi connectivity index (χ3n) is 5.35. The zero-order valence-corrected chi connectivity index (χ0v) is 19.4. The maximum Gasteiger partial charge on any atom is 0.276 e. The van der Waals surface area contributed by atoms with Crippen molar-refractivity contribution in [3.63, 3.8) is 0 Å². The molecular formula is C27H26N4O4. The third kappa shape index (κ3) is 6.54. The lowest BCUT2D eigenvalue weighted by atomic mass is 10.1. The fourth-order valence-electron chi connectivity index (χ4n) is 3.56. The zero-order valence-electron chi connectivity index (χ0n) is 19.4. The van der Waals surface area contributed by atoms with E-state index in [0.29, 0.717) is 24.5 Å². The average molecular weight is 471 g/mol. The maximum atomic E-state index is 13.3. The first-order valence-electron chi connectivity index (χ1n) is 11.2. The van der Waals surface area contributed by atoms with Gasteiger partial charge in [0.15, 0.2) is 11.5 Å². The number of amides is 2. The van der Waals surface area contributed by atoms with Gasteiger partial charge in [-0.1, -0.05) is 53.7 Å². The monoisotopic (exact) mass is 470 g/mol. The molecule has 0 fully saturated rings. The molecule has 2 heterocycles. The molecule has 8 nitrogen and oxygen atoms in total. The van der Waals surface area contributed by atoms with Gasteiger partial charge in [-0.05, 0) is 29.8 Å². The third-order valence-corrected chi connectivity index (χ3v) is 5.35. The number of hydrogen-bond acceptors (Lipinski definition) is 6. The van der Waals surface area contributed by atoms with E-state index in [1.54, 1.807) is 25.4 Å². The van der Waals surface area contributed by atoms with E-state index in [1.165, 1.54) is 4.90 Å². The van der Waals surface area contributed by atoms with Crippen molar-refractivity contribution in [3.8, 4) is 17.1 Å². The van der Waals surface area contributed by atoms with E-state index in [4.69, 9.17) is 9.26 Å². The quantitative estimate of drug-likeness (QED) is 0.379. The number of aromatic nitrogens is 2. The van der Waals surface area contributed by atoms with Gasteiger partial charge in [0.25, 0.3) is 5.91 Å². The molecule has 2 aromatic heterocycles. The van der Waals surface area contributed by atoms with Crippen LogP contribution in [-0.2, 0) is 17.8 Å². The SMILES string of the molecule is COc1cccc(-c2cc(C(=O)N(CC(=O)NCCc3ccccn3)Cc3ccccc3)no2)c1. The van der Waals surface area contributed by atoms with E-state index in [0.717, 1.165) is 16.8 Å². The van der Waals surface area contributed by atoms with Crippen molar-refractivity contribution in [2.75, 3.05) is 20.2 Å². The van der Waals surface area contributed by atoms with Gasteiger partial charge in [-0.2, -0.15) is 0 Å². The molecule has 4 rings (SSSR count). The normalized spacial score (nSPS) is 10.5. The molecule has 178 valence electrons. The van der Waals surface area contributed by atoms with Crippen molar-refractivity contribution in [1.82, 2.24) is 20.4 Å². The minimum atomic E-state index is -0.397. The van der Waals surface area contributed by atoms with Crippen molar-refractivity contribution >= 4 is 11.8 Å². The first-order chi connectivity index (χ1) is 17.1. The maximum absolute atomic E-state index is 13.3. The Morgan fingerprint density at radius 2 is 1.83 bits per heavy atom. The molecule has 0 unspecified atom stereocenters. The van der Waals surface area contributed by atoms with Gasteiger partial charge in [-0.15, -0.1) is 0 Å². The predicted octanol–water partition coefficient (Wildman–Crippen LogP) is 3.75. The molecule has 0 spiro atoms. The van der Waals surface area contributed by atoms with Gasteiger partial charge in [0.1, 0.15) is 12.3 Å². The van der Waals surface area contributed by atoms with Crippen LogP contribution in [0.4, 0.5) is 0 Å². The number of hydrogen-bond donors (Lipinski definition) is 1. The minimum Gasteiger partial charge on any atom is -0.497 e. The molecule has 0 atom stereocenters. The number of nitrogens with one attached hydrogen (secondary N) is 1. The lowest BCUT2D eigenvalue weighted by Gasteiger charge is -2.21. The number of carbonyl (C=O) groups is 2. The average Bonchev–Trinajstić information content (AvgIpc) is 3.40. The molecule has 2 amide bonds. The molecule has 1 N–H and O–H groups in total. The summed E-state index contributed by atoms with van der Waals surface area (Å²) in [7, 11) is 1.58. The molecule has 0 radical (unpaired) electrons. The summed E-state index contributed by atoms with van der Waals surface area (Å²) in [6, 6.07) is 24.0. The lowest BCUT2D eigenvalue weighted by molar-refractivity contribution is -0.121. The fourth-order valence-corrected chi connectivity index (χ4v) is 3.56. The van der Waals surface area contributed by atoms with Crippen LogP contribution in [0.2, 0.25) is 0 Å². The van der Waals surface area contributed by atoms with E-state index in [2.05, 4.69) is 15.5 Å². The molecule has 4 aromatic rings. The summed E-state index contributed by atoms with van der Waals surface area (Å²) in [6.45, 7) is 0.569. The Morgan fingerprint density at radius 1 is 1.00 bits per heavy atom. The molecule has 0 saturated carbocycles. The van der Waals surface area contributed by atoms with Crippen LogP contribution in [-0.4, -0.2) is 47.1 Å². The van der Waals surface area contributed by atoms with Gasteiger partial charge in [0, 0.05) is 43.0 Å². The second-order valence-corrected chi connectivity index (χ2v) is 7.88. The summed E-state index contributed by atoms with van der Waals surface area (Å²) in [5.74, 6) is 0.444. The molecule has 0 saturated heterocycles. The fraction of sp³-hybridized carbons (Fsp3) is 0.185. The second kappa shape index (κ2) is 11.6. The van der Waals surface area contributed by atoms with Crippen LogP contribution < -0.4 is 10.1 Å². The van der Waals surface area contributed by atoms with Gasteiger partial charge in [0.05, 0.1) is 7.11 Å². The molecule has 8 heteroatoms. The highest BCUT2D eigenvalue weighted by molar-refractivity contribution is 5.95. The zero-order chi connectivity index (χ0) is 24.5. The van der Waals surface area contributed by atoms with E-state index in [-0.39, 0.29) is 24.7 Å². The highest BCUT2D eigenvalue weighted by Crippen LogP contribution is 2.25. The van der Waals surface area contributed by atoms with Crippen LogP contribution in [0.5, 0.6) is 5.75 Å². The number of carbonyl (C=O) groups excluding carboxylic acids is 2. The van der Waals surface area contributed by atoms with Gasteiger partial charge >= 0.3 is 0 Å². The molecule has 0 aliphatic rings. The van der Waals surface area contributed by atoms with Crippen molar-refractivity contribution in [2.45, 2.75) is 13.0 Å². The Labute approximate surface area is 203 Å². The first-order valence-corrected chi connectivity index (χ1v) is 11.2. The van der Waals surface area contributed by atoms with Crippen molar-refractivity contribution in [1.29, 1.82) is 0 Å².